The number of carbonyl (C=O) groups excluding carboxylic acids is 1. The first-order valence-electron chi connectivity index (χ1n) is 9.19. The summed E-state index contributed by atoms with van der Waals surface area (Å²) >= 11 is 0. The van der Waals surface area contributed by atoms with Crippen LogP contribution in [0.5, 0.6) is 0 Å². The number of H-pyrrole nitrogens is 2. The van der Waals surface area contributed by atoms with Crippen molar-refractivity contribution in [1.82, 2.24) is 25.3 Å². The Morgan fingerprint density at radius 3 is 2.59 bits per heavy atom. The highest BCUT2D eigenvalue weighted by atomic mass is 16.2. The van der Waals surface area contributed by atoms with Gasteiger partial charge in [-0.2, -0.15) is 0 Å². The van der Waals surface area contributed by atoms with Crippen molar-refractivity contribution >= 4 is 16.9 Å². The van der Waals surface area contributed by atoms with Crippen LogP contribution in [0.1, 0.15) is 49.2 Å². The van der Waals surface area contributed by atoms with Gasteiger partial charge in [0.15, 0.2) is 0 Å². The molecule has 0 aliphatic rings. The van der Waals surface area contributed by atoms with Crippen LogP contribution in [0.25, 0.3) is 11.0 Å². The lowest BCUT2D eigenvalue weighted by Crippen LogP contribution is -2.35. The van der Waals surface area contributed by atoms with E-state index in [0.717, 1.165) is 23.3 Å². The molecular weight excluding hydrogens is 342 g/mol. The van der Waals surface area contributed by atoms with E-state index in [9.17, 15) is 9.59 Å². The van der Waals surface area contributed by atoms with Crippen LogP contribution < -0.4 is 10.9 Å². The van der Waals surface area contributed by atoms with Crippen LogP contribution in [0.2, 0.25) is 0 Å². The fourth-order valence-corrected chi connectivity index (χ4v) is 3.18. The molecule has 2 atom stereocenters. The van der Waals surface area contributed by atoms with Gasteiger partial charge in [-0.1, -0.05) is 32.4 Å². The third-order valence-corrected chi connectivity index (χ3v) is 4.91. The van der Waals surface area contributed by atoms with Gasteiger partial charge >= 0.3 is 0 Å². The summed E-state index contributed by atoms with van der Waals surface area (Å²) in [6.45, 7) is 7.61. The number of para-hydroxylation sites is 2. The summed E-state index contributed by atoms with van der Waals surface area (Å²) in [5.74, 6) is 1.23. The molecule has 3 N–H and O–H groups in total. The van der Waals surface area contributed by atoms with Crippen LogP contribution >= 0.6 is 0 Å². The third-order valence-electron chi connectivity index (χ3n) is 4.91. The fourth-order valence-electron chi connectivity index (χ4n) is 3.18. The zero-order valence-electron chi connectivity index (χ0n) is 16.1. The number of nitrogens with one attached hydrogen (secondary N) is 3. The van der Waals surface area contributed by atoms with Gasteiger partial charge in [0.1, 0.15) is 11.6 Å². The van der Waals surface area contributed by atoms with Crippen LogP contribution in [0.3, 0.4) is 0 Å². The fraction of sp³-hybridized carbons (Fsp3) is 0.400. The lowest BCUT2D eigenvalue weighted by atomic mass is 9.98. The summed E-state index contributed by atoms with van der Waals surface area (Å²) in [5.41, 5.74) is 2.51. The van der Waals surface area contributed by atoms with Gasteiger partial charge in [0.2, 0.25) is 5.91 Å². The first-order valence-corrected chi connectivity index (χ1v) is 9.19. The van der Waals surface area contributed by atoms with E-state index in [1.807, 2.05) is 24.3 Å². The number of hydrogen-bond acceptors (Lipinski definition) is 4. The summed E-state index contributed by atoms with van der Waals surface area (Å²) in [6, 6.07) is 7.52. The molecule has 0 spiro atoms. The van der Waals surface area contributed by atoms with E-state index in [1.54, 1.807) is 13.8 Å². The standard InChI is InChI=1S/C20H25N5O2/c1-5-11(2)18(19-23-15-8-6-7-9-16(15)24-19)25-17(26)10-14-12(3)21-13(4)22-20(14)27/h6-9,11,18H,5,10H2,1-4H3,(H,23,24)(H,25,26)(H,21,22,27)/t11-,18+/m1/s1. The van der Waals surface area contributed by atoms with Gasteiger partial charge in [0.05, 0.1) is 23.5 Å². The summed E-state index contributed by atoms with van der Waals surface area (Å²) in [4.78, 5) is 39.7. The predicted octanol–water partition coefficient (Wildman–Crippen LogP) is 2.71. The van der Waals surface area contributed by atoms with Crippen LogP contribution in [0.15, 0.2) is 29.1 Å². The van der Waals surface area contributed by atoms with Crippen LogP contribution in [0.4, 0.5) is 0 Å². The Kier molecular flexibility index (Phi) is 5.39. The first-order chi connectivity index (χ1) is 12.9. The highest BCUT2D eigenvalue weighted by Crippen LogP contribution is 2.24. The van der Waals surface area contributed by atoms with Crippen LogP contribution in [0, 0.1) is 19.8 Å². The molecule has 7 heteroatoms. The van der Waals surface area contributed by atoms with Gasteiger partial charge in [0.25, 0.3) is 5.56 Å². The summed E-state index contributed by atoms with van der Waals surface area (Å²) < 4.78 is 0. The van der Waals surface area contributed by atoms with E-state index in [-0.39, 0.29) is 29.8 Å². The molecule has 0 unspecified atom stereocenters. The van der Waals surface area contributed by atoms with Gasteiger partial charge in [-0.3, -0.25) is 9.59 Å². The number of nitrogens with zero attached hydrogens (tertiary/aromatic N) is 2. The number of rotatable bonds is 6. The maximum absolute atomic E-state index is 12.7. The van der Waals surface area contributed by atoms with E-state index < -0.39 is 0 Å². The second-order valence-electron chi connectivity index (χ2n) is 6.96. The Labute approximate surface area is 157 Å². The predicted molar refractivity (Wildman–Crippen MR) is 104 cm³/mol. The average Bonchev–Trinajstić information content (AvgIpc) is 3.05. The van der Waals surface area contributed by atoms with Crippen molar-refractivity contribution in [2.24, 2.45) is 5.92 Å². The smallest absolute Gasteiger partial charge is 0.254 e. The maximum Gasteiger partial charge on any atom is 0.254 e. The van der Waals surface area contributed by atoms with Crippen molar-refractivity contribution < 1.29 is 4.79 Å². The molecule has 1 amide bonds. The highest BCUT2D eigenvalue weighted by molar-refractivity contribution is 5.79. The normalized spacial score (nSPS) is 13.5. The Bertz CT molecular complexity index is 988. The highest BCUT2D eigenvalue weighted by Gasteiger charge is 2.24. The van der Waals surface area contributed by atoms with Gasteiger partial charge in [-0.25, -0.2) is 9.97 Å². The number of hydrogen-bond donors (Lipinski definition) is 3. The van der Waals surface area contributed by atoms with E-state index >= 15 is 0 Å². The van der Waals surface area contributed by atoms with Crippen molar-refractivity contribution in [2.45, 2.75) is 46.6 Å². The maximum atomic E-state index is 12.7. The minimum atomic E-state index is -0.265. The quantitative estimate of drug-likeness (QED) is 0.623. The molecule has 27 heavy (non-hydrogen) atoms. The minimum Gasteiger partial charge on any atom is -0.346 e. The van der Waals surface area contributed by atoms with E-state index in [1.165, 1.54) is 0 Å². The number of carbonyl (C=O) groups is 1. The van der Waals surface area contributed by atoms with Gasteiger partial charge < -0.3 is 15.3 Å². The Morgan fingerprint density at radius 1 is 1.19 bits per heavy atom. The van der Waals surface area contributed by atoms with Crippen molar-refractivity contribution in [1.29, 1.82) is 0 Å². The minimum absolute atomic E-state index is 0.0123. The second-order valence-corrected chi connectivity index (χ2v) is 6.96. The molecule has 0 fully saturated rings. The van der Waals surface area contributed by atoms with E-state index in [2.05, 4.69) is 39.1 Å². The lowest BCUT2D eigenvalue weighted by molar-refractivity contribution is -0.121. The van der Waals surface area contributed by atoms with Crippen molar-refractivity contribution in [3.8, 4) is 0 Å². The molecule has 2 heterocycles. The Balaban J connectivity index is 1.84. The van der Waals surface area contributed by atoms with Gasteiger partial charge in [0, 0.05) is 11.3 Å². The number of aryl methyl sites for hydroxylation is 2. The van der Waals surface area contributed by atoms with Crippen LogP contribution in [-0.2, 0) is 11.2 Å². The molecule has 0 aliphatic heterocycles. The van der Waals surface area contributed by atoms with Crippen molar-refractivity contribution in [3.63, 3.8) is 0 Å². The number of aromatic amines is 2. The van der Waals surface area contributed by atoms with E-state index in [4.69, 9.17) is 0 Å². The number of benzene rings is 1. The Morgan fingerprint density at radius 2 is 1.93 bits per heavy atom. The summed E-state index contributed by atoms with van der Waals surface area (Å²) in [7, 11) is 0. The first kappa shape index (κ1) is 18.8. The third kappa shape index (κ3) is 4.07. The molecular formula is C20H25N5O2. The number of imidazole rings is 1. The molecule has 0 aliphatic carbocycles. The zero-order valence-corrected chi connectivity index (χ0v) is 16.1. The van der Waals surface area contributed by atoms with E-state index in [0.29, 0.717) is 17.1 Å². The molecule has 3 rings (SSSR count). The SMILES string of the molecule is CC[C@@H](C)[C@H](NC(=O)Cc1c(C)nc(C)[nH]c1=O)c1nc2ccccc2[nH]1. The Hall–Kier alpha value is -2.96. The number of amides is 1. The average molecular weight is 367 g/mol. The number of aromatic nitrogens is 4. The van der Waals surface area contributed by atoms with Gasteiger partial charge in [-0.05, 0) is 31.9 Å². The van der Waals surface area contributed by atoms with Gasteiger partial charge in [-0.15, -0.1) is 0 Å². The lowest BCUT2D eigenvalue weighted by Gasteiger charge is -2.22. The largest absolute Gasteiger partial charge is 0.346 e. The summed E-state index contributed by atoms with van der Waals surface area (Å²) in [5, 5.41) is 3.05. The second kappa shape index (κ2) is 7.73. The molecule has 0 radical (unpaired) electrons. The molecule has 142 valence electrons. The topological polar surface area (TPSA) is 104 Å². The van der Waals surface area contributed by atoms with Crippen LogP contribution in [-0.4, -0.2) is 25.8 Å². The molecule has 7 nitrogen and oxygen atoms in total. The zero-order chi connectivity index (χ0) is 19.6. The van der Waals surface area contributed by atoms with Crippen molar-refractivity contribution in [2.75, 3.05) is 0 Å². The number of fused-ring (bicyclic) bond motifs is 1. The molecule has 3 aromatic rings. The molecule has 0 saturated carbocycles. The van der Waals surface area contributed by atoms with Crippen molar-refractivity contribution in [3.05, 3.63) is 57.5 Å². The molecule has 0 bridgehead atoms. The molecule has 0 saturated heterocycles. The monoisotopic (exact) mass is 367 g/mol. The molecule has 1 aromatic carbocycles. The molecule has 2 aromatic heterocycles. The summed E-state index contributed by atoms with van der Waals surface area (Å²) in [6.07, 6.45) is 0.870.